The standard InChI is InChI=1S/C11H13NO3/c1-2-15-11(14)6-5-10-4-3-9(8-13)7-12-10/h3-4,7-8H,2,5-6H2,1H3. The molecule has 4 nitrogen and oxygen atoms in total. The maximum Gasteiger partial charge on any atom is 0.306 e. The van der Waals surface area contributed by atoms with E-state index in [2.05, 4.69) is 4.98 Å². The molecule has 0 aliphatic rings. The van der Waals surface area contributed by atoms with Gasteiger partial charge in [0.2, 0.25) is 0 Å². The number of carbonyl (C=O) groups is 2. The quantitative estimate of drug-likeness (QED) is 0.540. The highest BCUT2D eigenvalue weighted by Gasteiger charge is 2.03. The molecule has 0 saturated heterocycles. The second-order valence-corrected chi connectivity index (χ2v) is 3.01. The number of aldehydes is 1. The van der Waals surface area contributed by atoms with E-state index < -0.39 is 0 Å². The SMILES string of the molecule is CCOC(=O)CCc1ccc(C=O)cn1. The number of esters is 1. The van der Waals surface area contributed by atoms with Crippen LogP contribution in [0, 0.1) is 0 Å². The van der Waals surface area contributed by atoms with Gasteiger partial charge < -0.3 is 4.74 Å². The molecule has 1 aromatic rings. The number of hydrogen-bond acceptors (Lipinski definition) is 4. The van der Waals surface area contributed by atoms with Gasteiger partial charge in [-0.05, 0) is 19.1 Å². The number of ether oxygens (including phenoxy) is 1. The first kappa shape index (κ1) is 11.4. The summed E-state index contributed by atoms with van der Waals surface area (Å²) >= 11 is 0. The van der Waals surface area contributed by atoms with Crippen LogP contribution in [0.5, 0.6) is 0 Å². The Kier molecular flexibility index (Phi) is 4.47. The second-order valence-electron chi connectivity index (χ2n) is 3.01. The summed E-state index contributed by atoms with van der Waals surface area (Å²) in [5, 5.41) is 0. The van der Waals surface area contributed by atoms with Crippen LogP contribution in [0.1, 0.15) is 29.4 Å². The summed E-state index contributed by atoms with van der Waals surface area (Å²) in [4.78, 5) is 25.4. The van der Waals surface area contributed by atoms with Gasteiger partial charge >= 0.3 is 5.97 Å². The van der Waals surface area contributed by atoms with E-state index in [0.717, 1.165) is 12.0 Å². The maximum atomic E-state index is 11.0. The van der Waals surface area contributed by atoms with Crippen molar-refractivity contribution in [3.8, 4) is 0 Å². The van der Waals surface area contributed by atoms with Gasteiger partial charge in [0.1, 0.15) is 0 Å². The molecule has 80 valence electrons. The fraction of sp³-hybridized carbons (Fsp3) is 0.364. The molecule has 15 heavy (non-hydrogen) atoms. The minimum Gasteiger partial charge on any atom is -0.466 e. The van der Waals surface area contributed by atoms with Crippen LogP contribution in [0.2, 0.25) is 0 Å². The lowest BCUT2D eigenvalue weighted by Crippen LogP contribution is -2.05. The van der Waals surface area contributed by atoms with Crippen molar-refractivity contribution in [3.05, 3.63) is 29.6 Å². The first-order chi connectivity index (χ1) is 7.26. The number of hydrogen-bond donors (Lipinski definition) is 0. The summed E-state index contributed by atoms with van der Waals surface area (Å²) in [7, 11) is 0. The average Bonchev–Trinajstić information content (AvgIpc) is 2.27. The van der Waals surface area contributed by atoms with Gasteiger partial charge in [-0.3, -0.25) is 14.6 Å². The van der Waals surface area contributed by atoms with E-state index in [9.17, 15) is 9.59 Å². The molecule has 1 heterocycles. The molecule has 0 unspecified atom stereocenters. The third-order valence-electron chi connectivity index (χ3n) is 1.87. The molecule has 0 aliphatic heterocycles. The first-order valence-corrected chi connectivity index (χ1v) is 4.82. The lowest BCUT2D eigenvalue weighted by atomic mass is 10.2. The van der Waals surface area contributed by atoms with Gasteiger partial charge in [0.05, 0.1) is 13.0 Å². The zero-order valence-electron chi connectivity index (χ0n) is 8.60. The van der Waals surface area contributed by atoms with Crippen LogP contribution >= 0.6 is 0 Å². The molecule has 0 spiro atoms. The summed E-state index contributed by atoms with van der Waals surface area (Å²) in [5.74, 6) is -0.223. The van der Waals surface area contributed by atoms with E-state index in [1.54, 1.807) is 19.1 Å². The lowest BCUT2D eigenvalue weighted by molar-refractivity contribution is -0.143. The van der Waals surface area contributed by atoms with Crippen LogP contribution < -0.4 is 0 Å². The molecular weight excluding hydrogens is 194 g/mol. The van der Waals surface area contributed by atoms with Crippen molar-refractivity contribution in [1.82, 2.24) is 4.98 Å². The summed E-state index contributed by atoms with van der Waals surface area (Å²) in [5.41, 5.74) is 1.32. The van der Waals surface area contributed by atoms with Crippen LogP contribution in [0.15, 0.2) is 18.3 Å². The highest BCUT2D eigenvalue weighted by molar-refractivity contribution is 5.74. The minimum absolute atomic E-state index is 0.223. The summed E-state index contributed by atoms with van der Waals surface area (Å²) in [6, 6.07) is 3.42. The molecule has 0 atom stereocenters. The molecule has 0 saturated carbocycles. The highest BCUT2D eigenvalue weighted by atomic mass is 16.5. The Labute approximate surface area is 88.3 Å². The summed E-state index contributed by atoms with van der Waals surface area (Å²) in [6.07, 6.45) is 3.09. The molecule has 0 aliphatic carbocycles. The van der Waals surface area contributed by atoms with Gasteiger partial charge in [-0.1, -0.05) is 0 Å². The fourth-order valence-electron chi connectivity index (χ4n) is 1.12. The van der Waals surface area contributed by atoms with Crippen LogP contribution in [-0.2, 0) is 16.0 Å². The molecule has 0 bridgehead atoms. The highest BCUT2D eigenvalue weighted by Crippen LogP contribution is 2.02. The van der Waals surface area contributed by atoms with Gasteiger partial charge in [-0.15, -0.1) is 0 Å². The Hall–Kier alpha value is -1.71. The van der Waals surface area contributed by atoms with Crippen LogP contribution in [0.3, 0.4) is 0 Å². The minimum atomic E-state index is -0.223. The Bertz CT molecular complexity index is 332. The number of rotatable bonds is 5. The number of aryl methyl sites for hydroxylation is 1. The molecule has 1 aromatic heterocycles. The van der Waals surface area contributed by atoms with Crippen molar-refractivity contribution in [2.45, 2.75) is 19.8 Å². The Balaban J connectivity index is 2.44. The van der Waals surface area contributed by atoms with Gasteiger partial charge in [0.25, 0.3) is 0 Å². The monoisotopic (exact) mass is 207 g/mol. The maximum absolute atomic E-state index is 11.0. The van der Waals surface area contributed by atoms with Crippen LogP contribution in [0.25, 0.3) is 0 Å². The number of nitrogens with zero attached hydrogens (tertiary/aromatic N) is 1. The molecule has 0 N–H and O–H groups in total. The predicted molar refractivity (Wildman–Crippen MR) is 54.6 cm³/mol. The predicted octanol–water partition coefficient (Wildman–Crippen LogP) is 1.39. The van der Waals surface area contributed by atoms with Gasteiger partial charge in [-0.25, -0.2) is 0 Å². The largest absolute Gasteiger partial charge is 0.466 e. The lowest BCUT2D eigenvalue weighted by Gasteiger charge is -2.01. The Morgan fingerprint density at radius 3 is 2.87 bits per heavy atom. The van der Waals surface area contributed by atoms with Crippen molar-refractivity contribution in [3.63, 3.8) is 0 Å². The zero-order chi connectivity index (χ0) is 11.1. The number of carbonyl (C=O) groups excluding carboxylic acids is 2. The van der Waals surface area contributed by atoms with Gasteiger partial charge in [-0.2, -0.15) is 0 Å². The fourth-order valence-corrected chi connectivity index (χ4v) is 1.12. The third kappa shape index (κ3) is 3.89. The molecule has 0 radical (unpaired) electrons. The van der Waals surface area contributed by atoms with Crippen molar-refractivity contribution in [1.29, 1.82) is 0 Å². The molecule has 4 heteroatoms. The molecule has 0 amide bonds. The van der Waals surface area contributed by atoms with E-state index in [4.69, 9.17) is 4.74 Å². The van der Waals surface area contributed by atoms with E-state index in [-0.39, 0.29) is 5.97 Å². The summed E-state index contributed by atoms with van der Waals surface area (Å²) in [6.45, 7) is 2.17. The van der Waals surface area contributed by atoms with Crippen molar-refractivity contribution < 1.29 is 14.3 Å². The molecule has 0 aromatic carbocycles. The third-order valence-corrected chi connectivity index (χ3v) is 1.87. The normalized spacial score (nSPS) is 9.67. The van der Waals surface area contributed by atoms with E-state index in [1.807, 2.05) is 0 Å². The number of pyridine rings is 1. The van der Waals surface area contributed by atoms with Crippen molar-refractivity contribution in [2.75, 3.05) is 6.61 Å². The zero-order valence-corrected chi connectivity index (χ0v) is 8.60. The van der Waals surface area contributed by atoms with E-state index >= 15 is 0 Å². The Morgan fingerprint density at radius 1 is 1.53 bits per heavy atom. The van der Waals surface area contributed by atoms with Crippen molar-refractivity contribution >= 4 is 12.3 Å². The number of aromatic nitrogens is 1. The molecule has 1 rings (SSSR count). The smallest absolute Gasteiger partial charge is 0.306 e. The summed E-state index contributed by atoms with van der Waals surface area (Å²) < 4.78 is 4.79. The van der Waals surface area contributed by atoms with Crippen LogP contribution in [-0.4, -0.2) is 23.8 Å². The molecule has 0 fully saturated rings. The average molecular weight is 207 g/mol. The van der Waals surface area contributed by atoms with Crippen molar-refractivity contribution in [2.24, 2.45) is 0 Å². The first-order valence-electron chi connectivity index (χ1n) is 4.82. The topological polar surface area (TPSA) is 56.3 Å². The van der Waals surface area contributed by atoms with Gasteiger partial charge in [0, 0.05) is 23.9 Å². The van der Waals surface area contributed by atoms with Gasteiger partial charge in [0.15, 0.2) is 6.29 Å². The Morgan fingerprint density at radius 2 is 2.33 bits per heavy atom. The molecular formula is C11H13NO3. The van der Waals surface area contributed by atoms with Crippen LogP contribution in [0.4, 0.5) is 0 Å². The van der Waals surface area contributed by atoms with E-state index in [0.29, 0.717) is 25.0 Å². The second kappa shape index (κ2) is 5.90. The van der Waals surface area contributed by atoms with E-state index in [1.165, 1.54) is 6.20 Å².